The van der Waals surface area contributed by atoms with Crippen LogP contribution in [0, 0.1) is 0 Å². The zero-order chi connectivity index (χ0) is 26.3. The van der Waals surface area contributed by atoms with Crippen LogP contribution in [0.1, 0.15) is 17.5 Å². The number of oxime groups is 1. The number of carbonyl (C=O) groups is 1. The van der Waals surface area contributed by atoms with Crippen molar-refractivity contribution in [2.24, 2.45) is 5.16 Å². The third-order valence-corrected chi connectivity index (χ3v) is 6.06. The minimum Gasteiger partial charge on any atom is -0.481 e. The number of rotatable bonds is 6. The predicted octanol–water partition coefficient (Wildman–Crippen LogP) is 6.26. The largest absolute Gasteiger partial charge is 0.481 e. The number of aliphatic carboxylic acids is 1. The van der Waals surface area contributed by atoms with Gasteiger partial charge in [0.1, 0.15) is 6.61 Å². The summed E-state index contributed by atoms with van der Waals surface area (Å²) in [6.07, 6.45) is 5.94. The van der Waals surface area contributed by atoms with Crippen LogP contribution in [0.25, 0.3) is 22.0 Å². The lowest BCUT2D eigenvalue weighted by Crippen LogP contribution is -2.00. The van der Waals surface area contributed by atoms with Crippen LogP contribution < -0.4 is 11.1 Å². The molecule has 0 aliphatic carbocycles. The van der Waals surface area contributed by atoms with Crippen molar-refractivity contribution in [1.82, 2.24) is 4.98 Å². The van der Waals surface area contributed by atoms with Crippen molar-refractivity contribution in [3.05, 3.63) is 109 Å². The number of aromatic nitrogens is 1. The van der Waals surface area contributed by atoms with Crippen LogP contribution >= 0.6 is 0 Å². The first-order valence-corrected chi connectivity index (χ1v) is 12.1. The third kappa shape index (κ3) is 5.82. The van der Waals surface area contributed by atoms with Crippen LogP contribution in [-0.2, 0) is 16.1 Å². The van der Waals surface area contributed by atoms with Crippen molar-refractivity contribution in [2.45, 2.75) is 12.8 Å². The Kier molecular flexibility index (Phi) is 7.31. The topological polar surface area (TPSA) is 123 Å². The Balaban J connectivity index is 0.000000179. The van der Waals surface area contributed by atoms with Gasteiger partial charge in [-0.05, 0) is 53.6 Å². The minimum atomic E-state index is -0.818. The van der Waals surface area contributed by atoms with Crippen LogP contribution in [0.5, 0.6) is 0 Å². The number of pyridine rings is 1. The van der Waals surface area contributed by atoms with Crippen LogP contribution in [0.15, 0.2) is 107 Å². The van der Waals surface area contributed by atoms with Crippen LogP contribution in [0.3, 0.4) is 0 Å². The molecule has 1 aliphatic rings. The standard InChI is InChI=1S/C19H17N3O2.C11H9NO2/c20-17-11-13(15-6-8-23-12-15)4-5-19(17)21-16-3-1-2-14(10-16)18-7-9-24-22-18;13-11(14)7-8-3-1-5-10-9(8)4-2-6-12-10/h1-6,8,10-12,21H,7,9,20H2;1-6H,7H2,(H,13,14). The van der Waals surface area contributed by atoms with Gasteiger partial charge in [-0.15, -0.1) is 0 Å². The number of carboxylic acids is 1. The molecule has 0 spiro atoms. The first kappa shape index (κ1) is 24.6. The monoisotopic (exact) mass is 506 g/mol. The highest BCUT2D eigenvalue weighted by atomic mass is 16.6. The lowest BCUT2D eigenvalue weighted by molar-refractivity contribution is -0.136. The Morgan fingerprint density at radius 1 is 0.974 bits per heavy atom. The second-order valence-electron chi connectivity index (χ2n) is 8.70. The number of furan rings is 1. The summed E-state index contributed by atoms with van der Waals surface area (Å²) in [6, 6.07) is 25.1. The third-order valence-electron chi connectivity index (χ3n) is 6.06. The highest BCUT2D eigenvalue weighted by molar-refractivity contribution is 6.01. The summed E-state index contributed by atoms with van der Waals surface area (Å²) >= 11 is 0. The van der Waals surface area contributed by atoms with Crippen molar-refractivity contribution in [3.8, 4) is 11.1 Å². The second kappa shape index (κ2) is 11.3. The Hall–Kier alpha value is -5.11. The normalized spacial score (nSPS) is 12.3. The van der Waals surface area contributed by atoms with Gasteiger partial charge < -0.3 is 25.4 Å². The number of hydrogen-bond acceptors (Lipinski definition) is 7. The van der Waals surface area contributed by atoms with Crippen LogP contribution in [0.4, 0.5) is 17.1 Å². The average Bonchev–Trinajstić information content (AvgIpc) is 3.66. The van der Waals surface area contributed by atoms with E-state index in [2.05, 4.69) is 21.5 Å². The van der Waals surface area contributed by atoms with Gasteiger partial charge in [0.2, 0.25) is 0 Å². The van der Waals surface area contributed by atoms with E-state index in [1.165, 1.54) is 0 Å². The van der Waals surface area contributed by atoms with Gasteiger partial charge in [-0.2, -0.15) is 0 Å². The van der Waals surface area contributed by atoms with Crippen molar-refractivity contribution in [2.75, 3.05) is 17.7 Å². The molecule has 8 nitrogen and oxygen atoms in total. The molecular formula is C30H26N4O4. The number of nitrogen functional groups attached to an aromatic ring is 1. The molecule has 3 aromatic carbocycles. The summed E-state index contributed by atoms with van der Waals surface area (Å²) in [7, 11) is 0. The smallest absolute Gasteiger partial charge is 0.307 e. The number of carboxylic acid groups (broad SMARTS) is 1. The van der Waals surface area contributed by atoms with Gasteiger partial charge in [-0.25, -0.2) is 0 Å². The number of benzene rings is 3. The lowest BCUT2D eigenvalue weighted by Gasteiger charge is -2.11. The molecule has 0 atom stereocenters. The van der Waals surface area contributed by atoms with E-state index in [1.54, 1.807) is 18.7 Å². The maximum absolute atomic E-state index is 10.6. The van der Waals surface area contributed by atoms with Crippen molar-refractivity contribution in [1.29, 1.82) is 0 Å². The molecule has 0 radical (unpaired) electrons. The van der Waals surface area contributed by atoms with Gasteiger partial charge in [0, 0.05) is 34.8 Å². The molecule has 190 valence electrons. The highest BCUT2D eigenvalue weighted by Gasteiger charge is 2.11. The van der Waals surface area contributed by atoms with E-state index >= 15 is 0 Å². The molecule has 3 heterocycles. The Bertz CT molecular complexity index is 1590. The molecule has 5 aromatic rings. The first-order chi connectivity index (χ1) is 18.6. The molecule has 0 bridgehead atoms. The van der Waals surface area contributed by atoms with Gasteiger partial charge in [0.25, 0.3) is 0 Å². The highest BCUT2D eigenvalue weighted by Crippen LogP contribution is 2.30. The van der Waals surface area contributed by atoms with Gasteiger partial charge in [0.05, 0.1) is 41.6 Å². The zero-order valence-electron chi connectivity index (χ0n) is 20.5. The average molecular weight is 507 g/mol. The molecule has 0 fully saturated rings. The summed E-state index contributed by atoms with van der Waals surface area (Å²) in [6.45, 7) is 0.648. The molecule has 4 N–H and O–H groups in total. The SMILES string of the molecule is Nc1cc(-c2ccoc2)ccc1Nc1cccc(C2=NOCC2)c1.O=C(O)Cc1cccc2ncccc12. The second-order valence-corrected chi connectivity index (χ2v) is 8.70. The molecular weight excluding hydrogens is 480 g/mol. The van der Waals surface area contributed by atoms with E-state index in [9.17, 15) is 4.79 Å². The van der Waals surface area contributed by atoms with E-state index in [0.717, 1.165) is 56.7 Å². The molecule has 6 rings (SSSR count). The fourth-order valence-electron chi connectivity index (χ4n) is 4.21. The number of anilines is 3. The van der Waals surface area contributed by atoms with Crippen molar-refractivity contribution >= 4 is 39.6 Å². The fraction of sp³-hybridized carbons (Fsp3) is 0.100. The molecule has 2 aromatic heterocycles. The molecule has 8 heteroatoms. The molecule has 0 saturated carbocycles. The van der Waals surface area contributed by atoms with Gasteiger partial charge in [0.15, 0.2) is 0 Å². The zero-order valence-corrected chi connectivity index (χ0v) is 20.5. The van der Waals surface area contributed by atoms with E-state index in [0.29, 0.717) is 12.3 Å². The summed E-state index contributed by atoms with van der Waals surface area (Å²) in [5.41, 5.74) is 14.4. The molecule has 38 heavy (non-hydrogen) atoms. The lowest BCUT2D eigenvalue weighted by atomic mass is 10.1. The summed E-state index contributed by atoms with van der Waals surface area (Å²) < 4.78 is 5.12. The number of nitrogens with one attached hydrogen (secondary N) is 1. The van der Waals surface area contributed by atoms with E-state index in [1.807, 2.05) is 72.8 Å². The van der Waals surface area contributed by atoms with Gasteiger partial charge in [-0.1, -0.05) is 41.6 Å². The Labute approximate surface area is 219 Å². The van der Waals surface area contributed by atoms with Gasteiger partial charge >= 0.3 is 5.97 Å². The quantitative estimate of drug-likeness (QED) is 0.232. The number of nitrogens with two attached hydrogens (primary N) is 1. The van der Waals surface area contributed by atoms with Crippen LogP contribution in [0.2, 0.25) is 0 Å². The molecule has 0 saturated heterocycles. The summed E-state index contributed by atoms with van der Waals surface area (Å²) in [4.78, 5) is 19.8. The fourth-order valence-corrected chi connectivity index (χ4v) is 4.21. The Morgan fingerprint density at radius 2 is 1.87 bits per heavy atom. The maximum atomic E-state index is 10.6. The molecule has 0 unspecified atom stereocenters. The van der Waals surface area contributed by atoms with Gasteiger partial charge in [-0.3, -0.25) is 9.78 Å². The first-order valence-electron chi connectivity index (χ1n) is 12.1. The minimum absolute atomic E-state index is 0.0447. The van der Waals surface area contributed by atoms with E-state index < -0.39 is 5.97 Å². The number of fused-ring (bicyclic) bond motifs is 1. The number of nitrogens with zero attached hydrogens (tertiary/aromatic N) is 2. The molecule has 0 amide bonds. The maximum Gasteiger partial charge on any atom is 0.307 e. The van der Waals surface area contributed by atoms with E-state index in [4.69, 9.17) is 20.1 Å². The predicted molar refractivity (Wildman–Crippen MR) is 148 cm³/mol. The summed E-state index contributed by atoms with van der Waals surface area (Å²) in [5, 5.41) is 17.1. The number of hydrogen-bond donors (Lipinski definition) is 3. The van der Waals surface area contributed by atoms with Crippen molar-refractivity contribution < 1.29 is 19.2 Å². The van der Waals surface area contributed by atoms with E-state index in [-0.39, 0.29) is 6.42 Å². The van der Waals surface area contributed by atoms with Crippen molar-refractivity contribution in [3.63, 3.8) is 0 Å². The molecule has 1 aliphatic heterocycles. The van der Waals surface area contributed by atoms with Crippen LogP contribution in [-0.4, -0.2) is 28.4 Å². The summed E-state index contributed by atoms with van der Waals surface area (Å²) in [5.74, 6) is -0.818. The Morgan fingerprint density at radius 3 is 2.63 bits per heavy atom.